The first-order chi connectivity index (χ1) is 17.0. The average Bonchev–Trinajstić information content (AvgIpc) is 2.89. The molecule has 35 heavy (non-hydrogen) atoms. The number of fused-ring (bicyclic) bond motifs is 1. The summed E-state index contributed by atoms with van der Waals surface area (Å²) in [5.74, 6) is -0.376. The molecule has 1 aliphatic heterocycles. The Hall–Kier alpha value is -3.10. The van der Waals surface area contributed by atoms with Crippen LogP contribution in [0.4, 0.5) is 0 Å². The first kappa shape index (κ1) is 25.0. The predicted octanol–water partition coefficient (Wildman–Crippen LogP) is 3.89. The van der Waals surface area contributed by atoms with Crippen LogP contribution in [-0.2, 0) is 11.2 Å². The van der Waals surface area contributed by atoms with Crippen molar-refractivity contribution in [2.45, 2.75) is 44.6 Å². The Morgan fingerprint density at radius 3 is 2.83 bits per heavy atom. The van der Waals surface area contributed by atoms with Crippen LogP contribution in [0.5, 0.6) is 5.75 Å². The Morgan fingerprint density at radius 1 is 1.23 bits per heavy atom. The zero-order valence-electron chi connectivity index (χ0n) is 20.2. The minimum Gasteiger partial charge on any atom is -0.497 e. The fourth-order valence-corrected chi connectivity index (χ4v) is 5.11. The molecule has 0 aliphatic carbocycles. The van der Waals surface area contributed by atoms with Crippen molar-refractivity contribution in [2.75, 3.05) is 26.7 Å². The molecular formula is C27H34N4O4. The van der Waals surface area contributed by atoms with E-state index in [9.17, 15) is 15.0 Å². The maximum atomic E-state index is 12.1. The van der Waals surface area contributed by atoms with E-state index in [1.54, 1.807) is 13.3 Å². The van der Waals surface area contributed by atoms with Crippen molar-refractivity contribution in [3.63, 3.8) is 0 Å². The Bertz CT molecular complexity index is 1110. The van der Waals surface area contributed by atoms with Crippen LogP contribution in [0, 0.1) is 11.8 Å². The van der Waals surface area contributed by atoms with Gasteiger partial charge >= 0.3 is 5.97 Å². The third kappa shape index (κ3) is 6.52. The highest BCUT2D eigenvalue weighted by atomic mass is 16.5. The van der Waals surface area contributed by atoms with Crippen LogP contribution in [0.3, 0.4) is 0 Å². The molecule has 1 unspecified atom stereocenters. The normalized spacial score (nSPS) is 19.5. The number of carboxylic acids is 1. The van der Waals surface area contributed by atoms with Gasteiger partial charge in [-0.05, 0) is 92.9 Å². The fourth-order valence-electron chi connectivity index (χ4n) is 5.11. The first-order valence-electron chi connectivity index (χ1n) is 12.3. The summed E-state index contributed by atoms with van der Waals surface area (Å²) in [6.07, 6.45) is 11.3. The summed E-state index contributed by atoms with van der Waals surface area (Å²) in [6, 6.07) is 7.47. The molecule has 1 aliphatic rings. The third-order valence-corrected chi connectivity index (χ3v) is 7.11. The number of hydrogen-bond acceptors (Lipinski definition) is 7. The molecule has 8 heteroatoms. The molecule has 0 spiro atoms. The molecule has 2 N–H and O–H groups in total. The molecule has 0 saturated carbocycles. The van der Waals surface area contributed by atoms with Gasteiger partial charge in [0.05, 0.1) is 24.6 Å². The quantitative estimate of drug-likeness (QED) is 0.400. The van der Waals surface area contributed by atoms with Crippen LogP contribution in [-0.4, -0.2) is 62.8 Å². The molecule has 0 radical (unpaired) electrons. The molecule has 3 aromatic rings. The Labute approximate surface area is 206 Å². The molecule has 3 heterocycles. The number of hydrogen-bond donors (Lipinski definition) is 2. The van der Waals surface area contributed by atoms with E-state index < -0.39 is 18.0 Å². The number of piperidine rings is 1. The largest absolute Gasteiger partial charge is 0.497 e. The summed E-state index contributed by atoms with van der Waals surface area (Å²) in [7, 11) is 1.62. The third-order valence-electron chi connectivity index (χ3n) is 7.11. The highest BCUT2D eigenvalue weighted by molar-refractivity contribution is 5.83. The fraction of sp³-hybridized carbons (Fsp3) is 0.481. The van der Waals surface area contributed by atoms with Crippen LogP contribution in [0.15, 0.2) is 49.2 Å². The van der Waals surface area contributed by atoms with Crippen molar-refractivity contribution in [2.24, 2.45) is 11.8 Å². The molecule has 1 fully saturated rings. The SMILES string of the molecule is COc1ccc2nccc(C(O)CC[C@@H]3CCN(CCCCc4cncnc4)C[C@@H]3C(=O)O)c2c1. The number of nitrogens with zero attached hydrogens (tertiary/aromatic N) is 4. The molecule has 0 amide bonds. The summed E-state index contributed by atoms with van der Waals surface area (Å²) in [5.41, 5.74) is 2.74. The van der Waals surface area contributed by atoms with Crippen molar-refractivity contribution < 1.29 is 19.7 Å². The number of aromatic nitrogens is 3. The van der Waals surface area contributed by atoms with Gasteiger partial charge in [0.2, 0.25) is 0 Å². The van der Waals surface area contributed by atoms with Gasteiger partial charge in [-0.1, -0.05) is 0 Å². The van der Waals surface area contributed by atoms with Crippen molar-refractivity contribution in [3.8, 4) is 5.75 Å². The van der Waals surface area contributed by atoms with E-state index in [-0.39, 0.29) is 5.92 Å². The second-order valence-corrected chi connectivity index (χ2v) is 9.37. The number of benzene rings is 1. The number of ether oxygens (including phenoxy) is 1. The molecule has 0 bridgehead atoms. The minimum atomic E-state index is -0.741. The summed E-state index contributed by atoms with van der Waals surface area (Å²) in [6.45, 7) is 2.37. The molecule has 186 valence electrons. The van der Waals surface area contributed by atoms with Crippen LogP contribution < -0.4 is 4.74 Å². The van der Waals surface area contributed by atoms with Crippen LogP contribution in [0.1, 0.15) is 49.3 Å². The molecule has 2 aromatic heterocycles. The number of aliphatic carboxylic acids is 1. The second-order valence-electron chi connectivity index (χ2n) is 9.37. The number of carboxylic acid groups (broad SMARTS) is 1. The summed E-state index contributed by atoms with van der Waals surface area (Å²) in [4.78, 5) is 26.8. The molecule has 1 aromatic carbocycles. The molecule has 4 rings (SSSR count). The lowest BCUT2D eigenvalue weighted by Crippen LogP contribution is -2.44. The van der Waals surface area contributed by atoms with E-state index in [4.69, 9.17) is 4.74 Å². The Morgan fingerprint density at radius 2 is 2.06 bits per heavy atom. The average molecular weight is 479 g/mol. The number of aliphatic hydroxyl groups is 1. The summed E-state index contributed by atoms with van der Waals surface area (Å²) in [5, 5.41) is 21.8. The van der Waals surface area contributed by atoms with E-state index in [2.05, 4.69) is 19.9 Å². The lowest BCUT2D eigenvalue weighted by Gasteiger charge is -2.37. The topological polar surface area (TPSA) is 109 Å². The maximum Gasteiger partial charge on any atom is 0.308 e. The lowest BCUT2D eigenvalue weighted by molar-refractivity contribution is -0.146. The molecular weight excluding hydrogens is 444 g/mol. The molecule has 1 saturated heterocycles. The van der Waals surface area contributed by atoms with Gasteiger partial charge in [0.25, 0.3) is 0 Å². The van der Waals surface area contributed by atoms with Gasteiger partial charge in [0.1, 0.15) is 12.1 Å². The zero-order chi connectivity index (χ0) is 24.6. The van der Waals surface area contributed by atoms with Gasteiger partial charge in [0.15, 0.2) is 0 Å². The van der Waals surface area contributed by atoms with Crippen molar-refractivity contribution in [1.29, 1.82) is 0 Å². The van der Waals surface area contributed by atoms with Crippen LogP contribution in [0.25, 0.3) is 10.9 Å². The highest BCUT2D eigenvalue weighted by Crippen LogP contribution is 2.33. The number of methoxy groups -OCH3 is 1. The molecule has 3 atom stereocenters. The number of carbonyl (C=O) groups is 1. The van der Waals surface area contributed by atoms with Gasteiger partial charge in [-0.3, -0.25) is 9.78 Å². The lowest BCUT2D eigenvalue weighted by atomic mass is 9.81. The van der Waals surface area contributed by atoms with Gasteiger partial charge in [-0.15, -0.1) is 0 Å². The first-order valence-corrected chi connectivity index (χ1v) is 12.3. The van der Waals surface area contributed by atoms with Crippen molar-refractivity contribution in [1.82, 2.24) is 19.9 Å². The van der Waals surface area contributed by atoms with Crippen LogP contribution in [0.2, 0.25) is 0 Å². The number of pyridine rings is 1. The highest BCUT2D eigenvalue weighted by Gasteiger charge is 2.34. The Balaban J connectivity index is 1.30. The van der Waals surface area contributed by atoms with Crippen molar-refractivity contribution >= 4 is 16.9 Å². The second kappa shape index (κ2) is 12.0. The standard InChI is InChI=1S/C27H34N4O4/c1-35-21-6-7-25-23(14-21)22(9-11-30-25)26(32)8-5-20-10-13-31(17-24(20)27(33)34)12-3-2-4-19-15-28-18-29-16-19/h6-7,9,11,14-16,18,20,24,26,32H,2-5,8,10,12-13,17H2,1H3,(H,33,34)/t20-,24+,26?/m1/s1. The van der Waals surface area contributed by atoms with E-state index >= 15 is 0 Å². The van der Waals surface area contributed by atoms with Gasteiger partial charge < -0.3 is 19.8 Å². The number of rotatable bonds is 11. The predicted molar refractivity (Wildman–Crippen MR) is 133 cm³/mol. The summed E-state index contributed by atoms with van der Waals surface area (Å²) < 4.78 is 5.34. The maximum absolute atomic E-state index is 12.1. The van der Waals surface area contributed by atoms with E-state index in [1.165, 1.54) is 6.33 Å². The minimum absolute atomic E-state index is 0.0579. The molecule has 8 nitrogen and oxygen atoms in total. The van der Waals surface area contributed by atoms with Crippen LogP contribution >= 0.6 is 0 Å². The smallest absolute Gasteiger partial charge is 0.308 e. The number of aliphatic hydroxyl groups excluding tert-OH is 1. The zero-order valence-corrected chi connectivity index (χ0v) is 20.2. The number of likely N-dealkylation sites (tertiary alicyclic amines) is 1. The van der Waals surface area contributed by atoms with E-state index in [0.717, 1.165) is 66.6 Å². The van der Waals surface area contributed by atoms with Crippen molar-refractivity contribution in [3.05, 3.63) is 60.3 Å². The monoisotopic (exact) mass is 478 g/mol. The van der Waals surface area contributed by atoms with E-state index in [1.807, 2.05) is 36.7 Å². The van der Waals surface area contributed by atoms with Gasteiger partial charge in [0, 0.05) is 30.5 Å². The van der Waals surface area contributed by atoms with E-state index in [0.29, 0.717) is 19.4 Å². The summed E-state index contributed by atoms with van der Waals surface area (Å²) >= 11 is 0. The number of unbranched alkanes of at least 4 members (excludes halogenated alkanes) is 1. The Kier molecular flexibility index (Phi) is 8.60. The van der Waals surface area contributed by atoms with Gasteiger partial charge in [-0.2, -0.15) is 0 Å². The van der Waals surface area contributed by atoms with Gasteiger partial charge in [-0.25, -0.2) is 9.97 Å². The number of aryl methyl sites for hydroxylation is 1.